The summed E-state index contributed by atoms with van der Waals surface area (Å²) in [6, 6.07) is 0. The Morgan fingerprint density at radius 1 is 1.27 bits per heavy atom. The number of hydrogen-bond donors (Lipinski definition) is 0. The minimum absolute atomic E-state index is 0.0959. The van der Waals surface area contributed by atoms with E-state index in [0.717, 1.165) is 54.8 Å². The number of carbonyl (C=O) groups is 1. The second-order valence-corrected chi connectivity index (χ2v) is 8.72. The van der Waals surface area contributed by atoms with Crippen LogP contribution in [0.3, 0.4) is 0 Å². The molecule has 0 atom stereocenters. The first-order chi connectivity index (χ1) is 10.7. The minimum atomic E-state index is -0.0959. The van der Waals surface area contributed by atoms with Gasteiger partial charge in [-0.3, -0.25) is 4.79 Å². The fourth-order valence-electron chi connectivity index (χ4n) is 5.46. The molecular weight excluding hydrogens is 292 g/mol. The predicted octanol–water partition coefficient (Wildman–Crippen LogP) is 3.99. The molecule has 0 radical (unpaired) electrons. The monoisotopic (exact) mass is 318 g/mol. The molecule has 0 aromatic carbocycles. The van der Waals surface area contributed by atoms with Crippen LogP contribution in [0.1, 0.15) is 58.3 Å². The van der Waals surface area contributed by atoms with Crippen molar-refractivity contribution in [3.8, 4) is 0 Å². The first-order valence-corrected chi connectivity index (χ1v) is 9.79. The van der Waals surface area contributed by atoms with Crippen molar-refractivity contribution in [3.63, 3.8) is 0 Å². The average molecular weight is 318 g/mol. The molecule has 0 saturated heterocycles. The summed E-state index contributed by atoms with van der Waals surface area (Å²) in [6.07, 6.45) is 11.9. The van der Waals surface area contributed by atoms with Gasteiger partial charge in [0.2, 0.25) is 0 Å². The van der Waals surface area contributed by atoms with Crippen LogP contribution in [0.4, 0.5) is 0 Å². The molecule has 22 heavy (non-hydrogen) atoms. The van der Waals surface area contributed by atoms with Crippen molar-refractivity contribution in [2.75, 3.05) is 0 Å². The van der Waals surface area contributed by atoms with Crippen LogP contribution < -0.4 is 4.80 Å². The Balaban J connectivity index is 1.60. The molecule has 1 heterocycles. The molecule has 4 saturated carbocycles. The fraction of sp³-hybridized carbons (Fsp3) is 0.778. The maximum Gasteiger partial charge on any atom is 0.254 e. The lowest BCUT2D eigenvalue weighted by Gasteiger charge is -2.55. The maximum atomic E-state index is 13.0. The van der Waals surface area contributed by atoms with Crippen LogP contribution in [-0.2, 0) is 11.3 Å². The highest BCUT2D eigenvalue weighted by Gasteiger charge is 2.54. The average Bonchev–Trinajstić information content (AvgIpc) is 2.91. The molecule has 0 N–H and O–H groups in total. The third-order valence-electron chi connectivity index (χ3n) is 6.10. The molecule has 4 heteroatoms. The standard InChI is InChI=1S/C18H26N2OS/c1-2-3-4-20-5-6-22-17(20)19-16(21)18-10-13-7-14(11-18)9-15(8-13)12-18/h5-6,13-15H,2-4,7-12H2,1H3/b19-17-. The number of unbranched alkanes of at least 4 members (excludes halogenated alkanes) is 1. The summed E-state index contributed by atoms with van der Waals surface area (Å²) in [5, 5.41) is 2.06. The van der Waals surface area contributed by atoms with Gasteiger partial charge in [-0.15, -0.1) is 11.3 Å². The molecule has 1 aromatic rings. The first kappa shape index (κ1) is 14.7. The van der Waals surface area contributed by atoms with E-state index in [9.17, 15) is 4.79 Å². The van der Waals surface area contributed by atoms with E-state index < -0.39 is 0 Å². The third-order valence-corrected chi connectivity index (χ3v) is 6.90. The molecule has 4 aliphatic carbocycles. The Kier molecular flexibility index (Phi) is 3.75. The van der Waals surface area contributed by atoms with Gasteiger partial charge in [-0.2, -0.15) is 4.99 Å². The Bertz CT molecular complexity index is 592. The molecule has 0 unspecified atom stereocenters. The molecule has 4 aliphatic rings. The topological polar surface area (TPSA) is 34.4 Å². The van der Waals surface area contributed by atoms with Crippen LogP contribution in [-0.4, -0.2) is 10.5 Å². The van der Waals surface area contributed by atoms with Gasteiger partial charge in [0.1, 0.15) is 0 Å². The molecule has 0 aliphatic heterocycles. The molecule has 120 valence electrons. The van der Waals surface area contributed by atoms with Crippen LogP contribution in [0.25, 0.3) is 0 Å². The molecule has 1 aromatic heterocycles. The van der Waals surface area contributed by atoms with Gasteiger partial charge in [0.15, 0.2) is 4.80 Å². The lowest BCUT2D eigenvalue weighted by molar-refractivity contribution is -0.142. The molecular formula is C18H26N2OS. The summed E-state index contributed by atoms with van der Waals surface area (Å²) in [5.41, 5.74) is -0.0959. The van der Waals surface area contributed by atoms with Crippen molar-refractivity contribution in [1.29, 1.82) is 0 Å². The van der Waals surface area contributed by atoms with Crippen molar-refractivity contribution >= 4 is 17.2 Å². The number of thiazole rings is 1. The van der Waals surface area contributed by atoms with Crippen molar-refractivity contribution < 1.29 is 4.79 Å². The first-order valence-electron chi connectivity index (χ1n) is 8.91. The Labute approximate surface area is 136 Å². The third kappa shape index (κ3) is 2.49. The van der Waals surface area contributed by atoms with E-state index in [0.29, 0.717) is 0 Å². The van der Waals surface area contributed by atoms with Crippen LogP contribution >= 0.6 is 11.3 Å². The number of hydrogen-bond acceptors (Lipinski definition) is 2. The van der Waals surface area contributed by atoms with Gasteiger partial charge in [0.25, 0.3) is 5.91 Å². The number of rotatable bonds is 4. The van der Waals surface area contributed by atoms with Gasteiger partial charge >= 0.3 is 0 Å². The van der Waals surface area contributed by atoms with E-state index in [1.54, 1.807) is 11.3 Å². The SMILES string of the molecule is CCCCn1ccs/c1=N\C(=O)C12CC3CC(CC(C3)C1)C2. The van der Waals surface area contributed by atoms with Gasteiger partial charge in [-0.25, -0.2) is 0 Å². The van der Waals surface area contributed by atoms with Gasteiger partial charge in [0.05, 0.1) is 5.41 Å². The summed E-state index contributed by atoms with van der Waals surface area (Å²) >= 11 is 1.61. The number of aromatic nitrogens is 1. The Hall–Kier alpha value is -0.900. The molecule has 4 bridgehead atoms. The fourth-order valence-corrected chi connectivity index (χ4v) is 6.22. The molecule has 3 nitrogen and oxygen atoms in total. The van der Waals surface area contributed by atoms with E-state index in [2.05, 4.69) is 28.1 Å². The Morgan fingerprint density at radius 3 is 2.50 bits per heavy atom. The van der Waals surface area contributed by atoms with Gasteiger partial charge in [-0.05, 0) is 62.7 Å². The van der Waals surface area contributed by atoms with Crippen molar-refractivity contribution in [1.82, 2.24) is 4.57 Å². The summed E-state index contributed by atoms with van der Waals surface area (Å²) in [5.74, 6) is 2.61. The van der Waals surface area contributed by atoms with Gasteiger partial charge < -0.3 is 4.57 Å². The van der Waals surface area contributed by atoms with Gasteiger partial charge in [0, 0.05) is 18.1 Å². The molecule has 4 fully saturated rings. The highest BCUT2D eigenvalue weighted by molar-refractivity contribution is 7.07. The van der Waals surface area contributed by atoms with E-state index in [1.807, 2.05) is 0 Å². The van der Waals surface area contributed by atoms with Crippen LogP contribution in [0, 0.1) is 23.2 Å². The summed E-state index contributed by atoms with van der Waals surface area (Å²) in [4.78, 5) is 18.5. The highest BCUT2D eigenvalue weighted by Crippen LogP contribution is 2.60. The van der Waals surface area contributed by atoms with E-state index >= 15 is 0 Å². The van der Waals surface area contributed by atoms with Crippen LogP contribution in [0.2, 0.25) is 0 Å². The Morgan fingerprint density at radius 2 is 1.91 bits per heavy atom. The number of amides is 1. The summed E-state index contributed by atoms with van der Waals surface area (Å²) < 4.78 is 2.16. The molecule has 1 amide bonds. The van der Waals surface area contributed by atoms with Crippen molar-refractivity contribution in [2.45, 2.75) is 64.8 Å². The minimum Gasteiger partial charge on any atom is -0.324 e. The van der Waals surface area contributed by atoms with E-state index in [4.69, 9.17) is 0 Å². The second kappa shape index (κ2) is 5.63. The smallest absolute Gasteiger partial charge is 0.254 e. The number of aryl methyl sites for hydroxylation is 1. The van der Waals surface area contributed by atoms with E-state index in [-0.39, 0.29) is 11.3 Å². The van der Waals surface area contributed by atoms with Crippen molar-refractivity contribution in [2.24, 2.45) is 28.2 Å². The lowest BCUT2D eigenvalue weighted by Crippen LogP contribution is -2.49. The zero-order chi connectivity index (χ0) is 15.2. The maximum absolute atomic E-state index is 13.0. The lowest BCUT2D eigenvalue weighted by atomic mass is 9.49. The molecule has 0 spiro atoms. The number of carbonyl (C=O) groups excluding carboxylic acids is 1. The van der Waals surface area contributed by atoms with Crippen LogP contribution in [0.15, 0.2) is 16.6 Å². The normalized spacial score (nSPS) is 37.0. The van der Waals surface area contributed by atoms with Crippen molar-refractivity contribution in [3.05, 3.63) is 16.4 Å². The largest absolute Gasteiger partial charge is 0.324 e. The number of nitrogens with zero attached hydrogens (tertiary/aromatic N) is 2. The molecule has 5 rings (SSSR count). The second-order valence-electron chi connectivity index (χ2n) is 7.85. The predicted molar refractivity (Wildman–Crippen MR) is 88.4 cm³/mol. The van der Waals surface area contributed by atoms with Crippen LogP contribution in [0.5, 0.6) is 0 Å². The quantitative estimate of drug-likeness (QED) is 0.826. The van der Waals surface area contributed by atoms with Gasteiger partial charge in [-0.1, -0.05) is 13.3 Å². The highest BCUT2D eigenvalue weighted by atomic mass is 32.1. The summed E-state index contributed by atoms with van der Waals surface area (Å²) in [7, 11) is 0. The summed E-state index contributed by atoms with van der Waals surface area (Å²) in [6.45, 7) is 3.18. The van der Waals surface area contributed by atoms with E-state index in [1.165, 1.54) is 25.7 Å². The zero-order valence-electron chi connectivity index (χ0n) is 13.5. The zero-order valence-corrected chi connectivity index (χ0v) is 14.3.